The lowest BCUT2D eigenvalue weighted by molar-refractivity contribution is 0.304. The van der Waals surface area contributed by atoms with Gasteiger partial charge < -0.3 is 4.57 Å². The van der Waals surface area contributed by atoms with Gasteiger partial charge in [-0.25, -0.2) is 0 Å². The molecule has 4 nitrogen and oxygen atoms in total. The average molecular weight is 466 g/mol. The summed E-state index contributed by atoms with van der Waals surface area (Å²) in [6.45, 7) is 2.39. The van der Waals surface area contributed by atoms with Crippen molar-refractivity contribution in [3.63, 3.8) is 0 Å². The van der Waals surface area contributed by atoms with Crippen LogP contribution in [0.3, 0.4) is 0 Å². The molecule has 0 aliphatic carbocycles. The van der Waals surface area contributed by atoms with Crippen molar-refractivity contribution in [1.29, 1.82) is 0 Å². The largest absolute Gasteiger partial charge is 0.338 e. The van der Waals surface area contributed by atoms with Crippen LogP contribution in [0.2, 0.25) is 0 Å². The quantitative estimate of drug-likeness (QED) is 0.263. The summed E-state index contributed by atoms with van der Waals surface area (Å²) < 4.78 is 33.2. The van der Waals surface area contributed by atoms with Crippen molar-refractivity contribution in [2.45, 2.75) is 18.4 Å². The molecule has 34 heavy (non-hydrogen) atoms. The van der Waals surface area contributed by atoms with Gasteiger partial charge in [0, 0.05) is 28.2 Å². The zero-order valence-electron chi connectivity index (χ0n) is 18.7. The summed E-state index contributed by atoms with van der Waals surface area (Å²) in [6, 6.07) is 32.0. The molecule has 0 fully saturated rings. The molecule has 0 amide bonds. The normalized spacial score (nSPS) is 12.3. The van der Waals surface area contributed by atoms with Gasteiger partial charge >= 0.3 is 0 Å². The van der Waals surface area contributed by atoms with Gasteiger partial charge in [0.25, 0.3) is 10.1 Å². The van der Waals surface area contributed by atoms with E-state index >= 15 is 0 Å². The van der Waals surface area contributed by atoms with E-state index in [1.54, 1.807) is 24.3 Å². The van der Waals surface area contributed by atoms with Gasteiger partial charge in [0.1, 0.15) is 0 Å². The first-order valence-electron chi connectivity index (χ1n) is 11.3. The SMILES string of the molecule is Cc1ccc(S(=O)(=O)OCCn2c3ccc4ccccc4c3c3ccc4ccccc4c32)cc1. The molecule has 168 valence electrons. The number of benzene rings is 5. The fraction of sp³-hybridized carbons (Fsp3) is 0.103. The number of aryl methyl sites for hydroxylation is 1. The van der Waals surface area contributed by atoms with Crippen molar-refractivity contribution in [1.82, 2.24) is 4.57 Å². The molecular weight excluding hydrogens is 442 g/mol. The van der Waals surface area contributed by atoms with Crippen LogP contribution >= 0.6 is 0 Å². The van der Waals surface area contributed by atoms with Gasteiger partial charge in [-0.3, -0.25) is 4.18 Å². The second-order valence-corrected chi connectivity index (χ2v) is 10.2. The van der Waals surface area contributed by atoms with Crippen molar-refractivity contribution in [3.05, 3.63) is 103 Å². The van der Waals surface area contributed by atoms with Crippen LogP contribution in [0.15, 0.2) is 102 Å². The van der Waals surface area contributed by atoms with Gasteiger partial charge in [-0.15, -0.1) is 0 Å². The highest BCUT2D eigenvalue weighted by Gasteiger charge is 2.18. The zero-order chi connectivity index (χ0) is 23.3. The second-order valence-electron chi connectivity index (χ2n) is 8.60. The highest BCUT2D eigenvalue weighted by Crippen LogP contribution is 2.38. The molecule has 6 rings (SSSR count). The third kappa shape index (κ3) is 3.36. The van der Waals surface area contributed by atoms with Crippen molar-refractivity contribution in [2.24, 2.45) is 0 Å². The van der Waals surface area contributed by atoms with Crippen LogP contribution in [0.25, 0.3) is 43.4 Å². The average Bonchev–Trinajstić information content (AvgIpc) is 3.19. The van der Waals surface area contributed by atoms with E-state index in [0.29, 0.717) is 6.54 Å². The summed E-state index contributed by atoms with van der Waals surface area (Å²) in [6.07, 6.45) is 0. The Labute approximate surface area is 198 Å². The maximum atomic E-state index is 12.8. The van der Waals surface area contributed by atoms with Crippen LogP contribution in [0.5, 0.6) is 0 Å². The van der Waals surface area contributed by atoms with Crippen molar-refractivity contribution in [3.8, 4) is 0 Å². The Balaban J connectivity index is 1.49. The van der Waals surface area contributed by atoms with Gasteiger partial charge in [0.2, 0.25) is 0 Å². The van der Waals surface area contributed by atoms with E-state index in [9.17, 15) is 8.42 Å². The zero-order valence-corrected chi connectivity index (χ0v) is 19.5. The van der Waals surface area contributed by atoms with E-state index in [2.05, 4.69) is 59.2 Å². The number of hydrogen-bond donors (Lipinski definition) is 0. The van der Waals surface area contributed by atoms with Crippen molar-refractivity contribution >= 4 is 53.5 Å². The van der Waals surface area contributed by atoms with Gasteiger partial charge in [0.15, 0.2) is 0 Å². The lowest BCUT2D eigenvalue weighted by Crippen LogP contribution is -2.12. The Morgan fingerprint density at radius 3 is 2.12 bits per heavy atom. The number of hydrogen-bond acceptors (Lipinski definition) is 3. The van der Waals surface area contributed by atoms with Crippen molar-refractivity contribution in [2.75, 3.05) is 6.61 Å². The fourth-order valence-electron chi connectivity index (χ4n) is 4.88. The summed E-state index contributed by atoms with van der Waals surface area (Å²) in [7, 11) is -3.83. The first kappa shape index (κ1) is 20.9. The van der Waals surface area contributed by atoms with E-state index in [-0.39, 0.29) is 11.5 Å². The molecule has 0 spiro atoms. The van der Waals surface area contributed by atoms with Crippen LogP contribution in [0.1, 0.15) is 5.56 Å². The Hall–Kier alpha value is -3.67. The van der Waals surface area contributed by atoms with E-state index in [4.69, 9.17) is 4.18 Å². The summed E-state index contributed by atoms with van der Waals surface area (Å²) in [5.74, 6) is 0. The molecule has 0 saturated carbocycles. The minimum Gasteiger partial charge on any atom is -0.338 e. The molecule has 0 unspecified atom stereocenters. The van der Waals surface area contributed by atoms with Crippen LogP contribution in [0.4, 0.5) is 0 Å². The number of fused-ring (bicyclic) bond motifs is 7. The van der Waals surface area contributed by atoms with Gasteiger partial charge in [-0.2, -0.15) is 8.42 Å². The minimum absolute atomic E-state index is 0.0468. The fourth-order valence-corrected chi connectivity index (χ4v) is 5.78. The van der Waals surface area contributed by atoms with E-state index < -0.39 is 10.1 Å². The molecule has 0 atom stereocenters. The molecule has 5 aromatic carbocycles. The molecule has 0 saturated heterocycles. The van der Waals surface area contributed by atoms with Crippen LogP contribution in [-0.4, -0.2) is 19.6 Å². The smallest absolute Gasteiger partial charge is 0.297 e. The summed E-state index contributed by atoms with van der Waals surface area (Å²) in [4.78, 5) is 0.178. The third-order valence-electron chi connectivity index (χ3n) is 6.50. The van der Waals surface area contributed by atoms with E-state index in [1.807, 2.05) is 25.1 Å². The van der Waals surface area contributed by atoms with Crippen LogP contribution in [0, 0.1) is 6.92 Å². The molecular formula is C29H23NO3S. The molecule has 0 N–H and O–H groups in total. The highest BCUT2D eigenvalue weighted by molar-refractivity contribution is 7.86. The highest BCUT2D eigenvalue weighted by atomic mass is 32.2. The van der Waals surface area contributed by atoms with Crippen LogP contribution < -0.4 is 0 Å². The number of aromatic nitrogens is 1. The van der Waals surface area contributed by atoms with E-state index in [1.165, 1.54) is 16.2 Å². The topological polar surface area (TPSA) is 48.3 Å². The monoisotopic (exact) mass is 465 g/mol. The molecule has 0 radical (unpaired) electrons. The number of nitrogens with zero attached hydrogens (tertiary/aromatic N) is 1. The molecule has 5 heteroatoms. The molecule has 1 aromatic heterocycles. The van der Waals surface area contributed by atoms with Gasteiger partial charge in [0.05, 0.1) is 17.0 Å². The summed E-state index contributed by atoms with van der Waals surface area (Å²) in [5, 5.41) is 7.00. The maximum absolute atomic E-state index is 12.8. The Morgan fingerprint density at radius 1 is 0.706 bits per heavy atom. The third-order valence-corrected chi connectivity index (χ3v) is 7.83. The maximum Gasteiger partial charge on any atom is 0.297 e. The molecule has 0 aliphatic heterocycles. The molecule has 0 bridgehead atoms. The number of rotatable bonds is 5. The lowest BCUT2D eigenvalue weighted by atomic mass is 10.0. The molecule has 6 aromatic rings. The second kappa shape index (κ2) is 7.97. The Bertz CT molecular complexity index is 1800. The predicted octanol–water partition coefficient (Wildman–Crippen LogP) is 6.81. The predicted molar refractivity (Wildman–Crippen MR) is 139 cm³/mol. The standard InChI is InChI=1S/C29H23NO3S/c1-20-10-14-23(15-11-20)34(31,32)33-19-18-30-27-17-13-21-6-2-4-8-24(21)28(27)26-16-12-22-7-3-5-9-25(22)29(26)30/h2-17H,18-19H2,1H3. The summed E-state index contributed by atoms with van der Waals surface area (Å²) in [5.41, 5.74) is 3.17. The van der Waals surface area contributed by atoms with Crippen molar-refractivity contribution < 1.29 is 12.6 Å². The van der Waals surface area contributed by atoms with E-state index in [0.717, 1.165) is 32.8 Å². The minimum atomic E-state index is -3.83. The first-order chi connectivity index (χ1) is 16.5. The van der Waals surface area contributed by atoms with Gasteiger partial charge in [-0.05, 0) is 41.3 Å². The van der Waals surface area contributed by atoms with Crippen LogP contribution in [-0.2, 0) is 20.8 Å². The Kier molecular flexibility index (Phi) is 4.90. The first-order valence-corrected chi connectivity index (χ1v) is 12.7. The molecule has 0 aliphatic rings. The van der Waals surface area contributed by atoms with Gasteiger partial charge in [-0.1, -0.05) is 84.4 Å². The Morgan fingerprint density at radius 2 is 1.35 bits per heavy atom. The molecule has 1 heterocycles. The lowest BCUT2D eigenvalue weighted by Gasteiger charge is -2.11. The summed E-state index contributed by atoms with van der Waals surface area (Å²) >= 11 is 0.